The maximum atomic E-state index is 9.51. The lowest BCUT2D eigenvalue weighted by molar-refractivity contribution is 0.0721. The monoisotopic (exact) mass is 257 g/mol. The number of nitrogens with zero attached hydrogens (tertiary/aromatic N) is 3. The maximum Gasteiger partial charge on any atom is 0.205 e. The molecule has 1 aromatic heterocycles. The molecule has 0 bridgehead atoms. The zero-order chi connectivity index (χ0) is 12.3. The van der Waals surface area contributed by atoms with Crippen molar-refractivity contribution in [2.24, 2.45) is 0 Å². The van der Waals surface area contributed by atoms with E-state index in [1.54, 1.807) is 0 Å². The first-order valence-corrected chi connectivity index (χ1v) is 6.83. The molecule has 2 rings (SSSR count). The van der Waals surface area contributed by atoms with E-state index in [9.17, 15) is 5.11 Å². The third-order valence-electron chi connectivity index (χ3n) is 2.86. The fourth-order valence-electron chi connectivity index (χ4n) is 2.00. The molecule has 5 nitrogen and oxygen atoms in total. The number of hydrogen-bond acceptors (Lipinski definition) is 6. The first-order valence-electron chi connectivity index (χ1n) is 6.05. The van der Waals surface area contributed by atoms with Crippen molar-refractivity contribution in [3.05, 3.63) is 5.82 Å². The standard InChI is InChI=1S/C11H19N3O2S/c1-3-10-12-11(17-13-10)14-4-5-16-7-9(14)6-8(2)15/h8-9,15H,3-7H2,1-2H3. The number of rotatable bonds is 4. The van der Waals surface area contributed by atoms with Gasteiger partial charge in [-0.1, -0.05) is 6.92 Å². The lowest BCUT2D eigenvalue weighted by Gasteiger charge is -2.35. The van der Waals surface area contributed by atoms with Crippen LogP contribution in [0.3, 0.4) is 0 Å². The molecule has 1 aromatic rings. The van der Waals surface area contributed by atoms with E-state index in [-0.39, 0.29) is 12.1 Å². The molecule has 1 saturated heterocycles. The van der Waals surface area contributed by atoms with Gasteiger partial charge in [-0.2, -0.15) is 4.37 Å². The van der Waals surface area contributed by atoms with Crippen molar-refractivity contribution in [3.8, 4) is 0 Å². The number of aryl methyl sites for hydroxylation is 1. The van der Waals surface area contributed by atoms with Crippen LogP contribution in [0.15, 0.2) is 0 Å². The van der Waals surface area contributed by atoms with Gasteiger partial charge in [0.1, 0.15) is 5.82 Å². The van der Waals surface area contributed by atoms with E-state index >= 15 is 0 Å². The van der Waals surface area contributed by atoms with Gasteiger partial charge in [-0.3, -0.25) is 0 Å². The lowest BCUT2D eigenvalue weighted by atomic mass is 10.1. The van der Waals surface area contributed by atoms with E-state index in [0.29, 0.717) is 13.0 Å². The average molecular weight is 257 g/mol. The molecule has 1 N–H and O–H groups in total. The zero-order valence-electron chi connectivity index (χ0n) is 10.3. The molecule has 0 aliphatic carbocycles. The Labute approximate surface area is 106 Å². The summed E-state index contributed by atoms with van der Waals surface area (Å²) in [5.41, 5.74) is 0. The van der Waals surface area contributed by atoms with Crippen LogP contribution in [0.1, 0.15) is 26.1 Å². The molecule has 6 heteroatoms. The Morgan fingerprint density at radius 3 is 3.12 bits per heavy atom. The van der Waals surface area contributed by atoms with Gasteiger partial charge in [-0.15, -0.1) is 0 Å². The number of aliphatic hydroxyl groups excluding tert-OH is 1. The Bertz CT molecular complexity index is 356. The first-order chi connectivity index (χ1) is 8.20. The number of aliphatic hydroxyl groups is 1. The molecule has 1 aliphatic heterocycles. The largest absolute Gasteiger partial charge is 0.393 e. The molecule has 1 fully saturated rings. The molecule has 96 valence electrons. The normalized spacial score (nSPS) is 22.8. The molecule has 0 saturated carbocycles. The lowest BCUT2D eigenvalue weighted by Crippen LogP contribution is -2.46. The molecule has 0 radical (unpaired) electrons. The van der Waals surface area contributed by atoms with Gasteiger partial charge >= 0.3 is 0 Å². The summed E-state index contributed by atoms with van der Waals surface area (Å²) < 4.78 is 9.78. The van der Waals surface area contributed by atoms with Crippen LogP contribution in [0.2, 0.25) is 0 Å². The molecule has 1 aliphatic rings. The Morgan fingerprint density at radius 1 is 1.65 bits per heavy atom. The summed E-state index contributed by atoms with van der Waals surface area (Å²) in [5, 5.41) is 10.5. The van der Waals surface area contributed by atoms with Gasteiger partial charge < -0.3 is 14.7 Å². The summed E-state index contributed by atoms with van der Waals surface area (Å²) in [5.74, 6) is 0.896. The van der Waals surface area contributed by atoms with Crippen LogP contribution < -0.4 is 4.90 Å². The highest BCUT2D eigenvalue weighted by molar-refractivity contribution is 7.09. The van der Waals surface area contributed by atoms with E-state index in [1.165, 1.54) is 11.5 Å². The maximum absolute atomic E-state index is 9.51. The third-order valence-corrected chi connectivity index (χ3v) is 3.65. The summed E-state index contributed by atoms with van der Waals surface area (Å²) in [6.45, 7) is 6.07. The van der Waals surface area contributed by atoms with E-state index in [0.717, 1.165) is 30.5 Å². The summed E-state index contributed by atoms with van der Waals surface area (Å²) in [4.78, 5) is 6.72. The molecule has 17 heavy (non-hydrogen) atoms. The Hall–Kier alpha value is -0.720. The van der Waals surface area contributed by atoms with Crippen molar-refractivity contribution in [1.29, 1.82) is 0 Å². The third kappa shape index (κ3) is 3.14. The van der Waals surface area contributed by atoms with Gasteiger partial charge in [-0.25, -0.2) is 4.98 Å². The molecule has 0 amide bonds. The molecule has 2 unspecified atom stereocenters. The minimum Gasteiger partial charge on any atom is -0.393 e. The van der Waals surface area contributed by atoms with Gasteiger partial charge in [0, 0.05) is 24.5 Å². The molecule has 2 atom stereocenters. The second-order valence-corrected chi connectivity index (χ2v) is 5.08. The highest BCUT2D eigenvalue weighted by Gasteiger charge is 2.26. The topological polar surface area (TPSA) is 58.5 Å². The minimum atomic E-state index is -0.317. The van der Waals surface area contributed by atoms with Gasteiger partial charge in [0.05, 0.1) is 25.4 Å². The van der Waals surface area contributed by atoms with Gasteiger partial charge in [-0.05, 0) is 13.3 Å². The van der Waals surface area contributed by atoms with Crippen LogP contribution in [-0.2, 0) is 11.2 Å². The number of morpholine rings is 1. The van der Waals surface area contributed by atoms with E-state index in [1.807, 2.05) is 6.92 Å². The molecular formula is C11H19N3O2S. The minimum absolute atomic E-state index is 0.210. The van der Waals surface area contributed by atoms with Crippen molar-refractivity contribution in [3.63, 3.8) is 0 Å². The number of aromatic nitrogens is 2. The number of hydrogen-bond donors (Lipinski definition) is 1. The summed E-state index contributed by atoms with van der Waals surface area (Å²) >= 11 is 1.44. The zero-order valence-corrected chi connectivity index (χ0v) is 11.1. The highest BCUT2D eigenvalue weighted by atomic mass is 32.1. The smallest absolute Gasteiger partial charge is 0.205 e. The van der Waals surface area contributed by atoms with Gasteiger partial charge in [0.15, 0.2) is 0 Å². The molecule has 0 spiro atoms. The summed E-state index contributed by atoms with van der Waals surface area (Å²) in [6, 6.07) is 0.210. The van der Waals surface area contributed by atoms with Crippen LogP contribution in [0.5, 0.6) is 0 Å². The summed E-state index contributed by atoms with van der Waals surface area (Å²) in [6.07, 6.45) is 1.26. The van der Waals surface area contributed by atoms with Gasteiger partial charge in [0.25, 0.3) is 0 Å². The Morgan fingerprint density at radius 2 is 2.47 bits per heavy atom. The average Bonchev–Trinajstić information content (AvgIpc) is 2.77. The van der Waals surface area contributed by atoms with E-state index in [2.05, 4.69) is 21.2 Å². The van der Waals surface area contributed by atoms with Gasteiger partial charge in [0.2, 0.25) is 5.13 Å². The van der Waals surface area contributed by atoms with Crippen LogP contribution >= 0.6 is 11.5 Å². The SMILES string of the molecule is CCc1nsc(N2CCOCC2CC(C)O)n1. The second-order valence-electron chi connectivity index (χ2n) is 4.35. The predicted molar refractivity (Wildman–Crippen MR) is 67.5 cm³/mol. The first kappa shape index (κ1) is 12.7. The van der Waals surface area contributed by atoms with E-state index < -0.39 is 0 Å². The summed E-state index contributed by atoms with van der Waals surface area (Å²) in [7, 11) is 0. The quantitative estimate of drug-likeness (QED) is 0.874. The fraction of sp³-hybridized carbons (Fsp3) is 0.818. The van der Waals surface area contributed by atoms with E-state index in [4.69, 9.17) is 4.74 Å². The van der Waals surface area contributed by atoms with Crippen LogP contribution in [0.25, 0.3) is 0 Å². The van der Waals surface area contributed by atoms with Crippen molar-refractivity contribution >= 4 is 16.7 Å². The Balaban J connectivity index is 2.09. The van der Waals surface area contributed by atoms with Crippen LogP contribution in [-0.4, -0.2) is 46.4 Å². The van der Waals surface area contributed by atoms with Crippen LogP contribution in [0.4, 0.5) is 5.13 Å². The highest BCUT2D eigenvalue weighted by Crippen LogP contribution is 2.24. The molecular weight excluding hydrogens is 238 g/mol. The van der Waals surface area contributed by atoms with Crippen LogP contribution in [0, 0.1) is 0 Å². The second kappa shape index (κ2) is 5.75. The van der Waals surface area contributed by atoms with Crippen molar-refractivity contribution < 1.29 is 9.84 Å². The predicted octanol–water partition coefficient (Wildman–Crippen LogP) is 1.08. The Kier molecular flexibility index (Phi) is 4.31. The van der Waals surface area contributed by atoms with Crippen molar-refractivity contribution in [1.82, 2.24) is 9.36 Å². The number of ether oxygens (including phenoxy) is 1. The van der Waals surface area contributed by atoms with Crippen molar-refractivity contribution in [2.75, 3.05) is 24.7 Å². The fourth-order valence-corrected chi connectivity index (χ4v) is 2.85. The molecule has 0 aromatic carbocycles. The number of anilines is 1. The molecule has 2 heterocycles. The van der Waals surface area contributed by atoms with Crippen molar-refractivity contribution in [2.45, 2.75) is 38.8 Å².